The highest BCUT2D eigenvalue weighted by Gasteiger charge is 2.14. The Morgan fingerprint density at radius 2 is 1.40 bits per heavy atom. The Balaban J connectivity index is 1.56. The van der Waals surface area contributed by atoms with Gasteiger partial charge >= 0.3 is 0 Å². The van der Waals surface area contributed by atoms with Crippen LogP contribution >= 0.6 is 0 Å². The van der Waals surface area contributed by atoms with Gasteiger partial charge in [-0.05, 0) is 50.2 Å². The average Bonchev–Trinajstić information content (AvgIpc) is 3.11. The fourth-order valence-corrected chi connectivity index (χ4v) is 4.13. The first-order valence-corrected chi connectivity index (χ1v) is 10.9. The van der Waals surface area contributed by atoms with E-state index in [0.717, 1.165) is 22.4 Å². The van der Waals surface area contributed by atoms with Gasteiger partial charge in [-0.15, -0.1) is 0 Å². The van der Waals surface area contributed by atoms with Crippen molar-refractivity contribution in [3.8, 4) is 16.9 Å². The van der Waals surface area contributed by atoms with Gasteiger partial charge in [0.05, 0.1) is 16.3 Å². The summed E-state index contributed by atoms with van der Waals surface area (Å²) in [4.78, 5) is 0.224. The highest BCUT2D eigenvalue weighted by Crippen LogP contribution is 2.25. The molecule has 0 spiro atoms. The van der Waals surface area contributed by atoms with E-state index in [4.69, 9.17) is 5.73 Å². The first-order valence-electron chi connectivity index (χ1n) is 9.44. The normalized spacial score (nSPS) is 11.4. The molecule has 1 aromatic heterocycles. The summed E-state index contributed by atoms with van der Waals surface area (Å²) in [5.41, 5.74) is 11.2. The van der Waals surface area contributed by atoms with Crippen molar-refractivity contribution in [3.05, 3.63) is 90.0 Å². The number of hydrogen-bond donors (Lipinski definition) is 2. The zero-order chi connectivity index (χ0) is 21.3. The second-order valence-electron chi connectivity index (χ2n) is 7.20. The van der Waals surface area contributed by atoms with E-state index in [1.54, 1.807) is 47.1 Å². The highest BCUT2D eigenvalue weighted by atomic mass is 32.2. The molecular formula is C23H22N4O2S. The first-order chi connectivity index (χ1) is 14.3. The number of anilines is 2. The second-order valence-corrected chi connectivity index (χ2v) is 8.88. The van der Waals surface area contributed by atoms with Gasteiger partial charge in [-0.25, -0.2) is 13.1 Å². The van der Waals surface area contributed by atoms with Crippen LogP contribution in [0.2, 0.25) is 0 Å². The summed E-state index contributed by atoms with van der Waals surface area (Å²) in [5.74, 6) is 0.526. The quantitative estimate of drug-likeness (QED) is 0.498. The van der Waals surface area contributed by atoms with E-state index in [-0.39, 0.29) is 4.90 Å². The van der Waals surface area contributed by atoms with E-state index in [1.807, 2.05) is 50.2 Å². The van der Waals surface area contributed by atoms with Gasteiger partial charge in [0.25, 0.3) is 10.0 Å². The molecule has 0 saturated heterocycles. The van der Waals surface area contributed by atoms with Crippen molar-refractivity contribution in [1.29, 1.82) is 0 Å². The van der Waals surface area contributed by atoms with Crippen LogP contribution in [0, 0.1) is 13.8 Å². The zero-order valence-corrected chi connectivity index (χ0v) is 17.5. The minimum absolute atomic E-state index is 0.224. The minimum atomic E-state index is -3.64. The molecule has 0 fully saturated rings. The van der Waals surface area contributed by atoms with Crippen molar-refractivity contribution in [2.75, 3.05) is 10.5 Å². The lowest BCUT2D eigenvalue weighted by molar-refractivity contribution is 0.601. The zero-order valence-electron chi connectivity index (χ0n) is 16.7. The third-order valence-electron chi connectivity index (χ3n) is 4.78. The monoisotopic (exact) mass is 418 g/mol. The highest BCUT2D eigenvalue weighted by molar-refractivity contribution is 7.92. The lowest BCUT2D eigenvalue weighted by Crippen LogP contribution is -2.12. The van der Waals surface area contributed by atoms with Crippen LogP contribution < -0.4 is 10.5 Å². The van der Waals surface area contributed by atoms with Crippen LogP contribution in [0.1, 0.15) is 11.1 Å². The van der Waals surface area contributed by atoms with Crippen LogP contribution in [0.4, 0.5) is 11.5 Å². The Morgan fingerprint density at radius 1 is 0.833 bits per heavy atom. The number of rotatable bonds is 5. The van der Waals surface area contributed by atoms with Gasteiger partial charge in [-0.1, -0.05) is 47.5 Å². The number of aryl methyl sites for hydroxylation is 2. The molecule has 3 N–H and O–H groups in total. The first kappa shape index (κ1) is 19.7. The van der Waals surface area contributed by atoms with Crippen molar-refractivity contribution >= 4 is 21.5 Å². The summed E-state index contributed by atoms with van der Waals surface area (Å²) < 4.78 is 29.4. The van der Waals surface area contributed by atoms with Gasteiger partial charge < -0.3 is 5.73 Å². The molecule has 1 heterocycles. The van der Waals surface area contributed by atoms with E-state index in [0.29, 0.717) is 17.2 Å². The smallest absolute Gasteiger partial charge is 0.261 e. The Kier molecular flexibility index (Phi) is 5.05. The number of hydrogen-bond acceptors (Lipinski definition) is 4. The topological polar surface area (TPSA) is 90.0 Å². The molecule has 0 aliphatic carbocycles. The summed E-state index contributed by atoms with van der Waals surface area (Å²) >= 11 is 0. The van der Waals surface area contributed by atoms with Crippen molar-refractivity contribution < 1.29 is 8.42 Å². The van der Waals surface area contributed by atoms with E-state index >= 15 is 0 Å². The van der Waals surface area contributed by atoms with Crippen molar-refractivity contribution in [3.63, 3.8) is 0 Å². The molecule has 0 aliphatic rings. The Labute approximate surface area is 176 Å². The Bertz CT molecular complexity index is 1270. The molecule has 0 aliphatic heterocycles. The van der Waals surface area contributed by atoms with E-state index in [2.05, 4.69) is 9.82 Å². The minimum Gasteiger partial charge on any atom is -0.384 e. The van der Waals surface area contributed by atoms with Gasteiger partial charge in [-0.2, -0.15) is 5.10 Å². The summed E-state index contributed by atoms with van der Waals surface area (Å²) in [6, 6.07) is 23.5. The molecule has 0 atom stereocenters. The third-order valence-corrected chi connectivity index (χ3v) is 6.18. The number of nitrogen functional groups attached to an aromatic ring is 1. The molecule has 0 amide bonds. The van der Waals surface area contributed by atoms with Gasteiger partial charge in [0, 0.05) is 17.3 Å². The summed E-state index contributed by atoms with van der Waals surface area (Å²) in [6.45, 7) is 3.94. The standard InChI is InChI=1S/C23H22N4O2S/c1-16-3-11-20(12-4-16)27-23(24)15-22(25-27)18-7-9-19(10-8-18)26-30(28,29)21-13-5-17(2)6-14-21/h3-15,26H,24H2,1-2H3. The van der Waals surface area contributed by atoms with Gasteiger partial charge in [0.1, 0.15) is 5.82 Å². The molecular weight excluding hydrogens is 396 g/mol. The van der Waals surface area contributed by atoms with Crippen LogP contribution in [0.5, 0.6) is 0 Å². The van der Waals surface area contributed by atoms with Crippen LogP contribution in [-0.2, 0) is 10.0 Å². The summed E-state index contributed by atoms with van der Waals surface area (Å²) in [7, 11) is -3.64. The van der Waals surface area contributed by atoms with Gasteiger partial charge in [-0.3, -0.25) is 4.72 Å². The molecule has 0 saturated carbocycles. The van der Waals surface area contributed by atoms with Crippen LogP contribution in [0.25, 0.3) is 16.9 Å². The molecule has 6 nitrogen and oxygen atoms in total. The maximum absolute atomic E-state index is 12.6. The lowest BCUT2D eigenvalue weighted by Gasteiger charge is -2.09. The van der Waals surface area contributed by atoms with Gasteiger partial charge in [0.2, 0.25) is 0 Å². The van der Waals surface area contributed by atoms with E-state index < -0.39 is 10.0 Å². The van der Waals surface area contributed by atoms with Crippen LogP contribution in [-0.4, -0.2) is 18.2 Å². The molecule has 7 heteroatoms. The predicted octanol–water partition coefficient (Wildman–Crippen LogP) is 4.54. The number of nitrogens with one attached hydrogen (secondary N) is 1. The van der Waals surface area contributed by atoms with Crippen molar-refractivity contribution in [2.24, 2.45) is 0 Å². The second kappa shape index (κ2) is 7.68. The molecule has 3 aromatic carbocycles. The molecule has 0 bridgehead atoms. The molecule has 152 valence electrons. The molecule has 4 aromatic rings. The van der Waals surface area contributed by atoms with Gasteiger partial charge in [0.15, 0.2) is 0 Å². The number of nitrogens with two attached hydrogens (primary N) is 1. The Hall–Kier alpha value is -3.58. The van der Waals surface area contributed by atoms with Crippen molar-refractivity contribution in [1.82, 2.24) is 9.78 Å². The molecule has 0 unspecified atom stereocenters. The number of sulfonamides is 1. The molecule has 0 radical (unpaired) electrons. The SMILES string of the molecule is Cc1ccc(-n2nc(-c3ccc(NS(=O)(=O)c4ccc(C)cc4)cc3)cc2N)cc1. The summed E-state index contributed by atoms with van der Waals surface area (Å²) in [6.07, 6.45) is 0. The predicted molar refractivity (Wildman–Crippen MR) is 120 cm³/mol. The lowest BCUT2D eigenvalue weighted by atomic mass is 10.1. The maximum Gasteiger partial charge on any atom is 0.261 e. The summed E-state index contributed by atoms with van der Waals surface area (Å²) in [5, 5.41) is 4.59. The fourth-order valence-electron chi connectivity index (χ4n) is 3.07. The maximum atomic E-state index is 12.6. The van der Waals surface area contributed by atoms with E-state index in [1.165, 1.54) is 0 Å². The van der Waals surface area contributed by atoms with Crippen LogP contribution in [0.15, 0.2) is 83.8 Å². The number of nitrogens with zero attached hydrogens (tertiary/aromatic N) is 2. The molecule has 30 heavy (non-hydrogen) atoms. The Morgan fingerprint density at radius 3 is 2.00 bits per heavy atom. The molecule has 4 rings (SSSR count). The number of benzene rings is 3. The fraction of sp³-hybridized carbons (Fsp3) is 0.0870. The third kappa shape index (κ3) is 4.06. The van der Waals surface area contributed by atoms with Crippen molar-refractivity contribution in [2.45, 2.75) is 18.7 Å². The number of aromatic nitrogens is 2. The van der Waals surface area contributed by atoms with Crippen LogP contribution in [0.3, 0.4) is 0 Å². The largest absolute Gasteiger partial charge is 0.384 e. The van der Waals surface area contributed by atoms with E-state index in [9.17, 15) is 8.42 Å². The average molecular weight is 419 g/mol.